The second-order valence-electron chi connectivity index (χ2n) is 5.00. The van der Waals surface area contributed by atoms with Crippen molar-refractivity contribution in [2.24, 2.45) is 0 Å². The van der Waals surface area contributed by atoms with Crippen LogP contribution in [0.25, 0.3) is 0 Å². The van der Waals surface area contributed by atoms with Crippen LogP contribution in [-0.4, -0.2) is 54.5 Å². The molecule has 1 aliphatic heterocycles. The van der Waals surface area contributed by atoms with Gasteiger partial charge in [-0.05, 0) is 18.9 Å². The number of hydrogen-bond acceptors (Lipinski definition) is 3. The van der Waals surface area contributed by atoms with Crippen LogP contribution in [0.5, 0.6) is 0 Å². The Bertz CT molecular complexity index is 501. The van der Waals surface area contributed by atoms with Crippen LogP contribution < -0.4 is 5.32 Å². The predicted octanol–water partition coefficient (Wildman–Crippen LogP) is 1.03. The number of amides is 2. The summed E-state index contributed by atoms with van der Waals surface area (Å²) in [5, 5.41) is 3.25. The Labute approximate surface area is 122 Å². The fraction of sp³-hybridized carbons (Fsp3) is 0.538. The van der Waals surface area contributed by atoms with Gasteiger partial charge in [0.15, 0.2) is 0 Å². The molecule has 0 unspecified atom stereocenters. The molecule has 2 N–H and O–H groups in total. The highest BCUT2D eigenvalue weighted by atomic mass is 35.5. The van der Waals surface area contributed by atoms with Gasteiger partial charge in [0.1, 0.15) is 11.8 Å². The molecule has 1 aromatic rings. The molecule has 1 aromatic heterocycles. The third-order valence-electron chi connectivity index (χ3n) is 3.21. The first-order chi connectivity index (χ1) is 9.47. The Morgan fingerprint density at radius 2 is 2.25 bits per heavy atom. The average molecular weight is 300 g/mol. The average Bonchev–Trinajstić information content (AvgIpc) is 3.03. The van der Waals surface area contributed by atoms with Crippen molar-refractivity contribution < 1.29 is 14.3 Å². The normalized spacial score (nSPS) is 21.8. The van der Waals surface area contributed by atoms with Gasteiger partial charge < -0.3 is 19.9 Å². The summed E-state index contributed by atoms with van der Waals surface area (Å²) < 4.78 is 5.63. The van der Waals surface area contributed by atoms with E-state index in [1.807, 2.05) is 0 Å². The predicted molar refractivity (Wildman–Crippen MR) is 74.7 cm³/mol. The van der Waals surface area contributed by atoms with Crippen LogP contribution in [0.1, 0.15) is 23.3 Å². The lowest BCUT2D eigenvalue weighted by Crippen LogP contribution is -2.36. The lowest BCUT2D eigenvalue weighted by molar-refractivity contribution is -0.140. The first-order valence-corrected chi connectivity index (χ1v) is 6.84. The number of H-pyrrole nitrogens is 1. The van der Waals surface area contributed by atoms with E-state index in [1.165, 1.54) is 4.90 Å². The molecule has 1 fully saturated rings. The fourth-order valence-corrected chi connectivity index (χ4v) is 2.29. The van der Waals surface area contributed by atoms with E-state index in [4.69, 9.17) is 16.3 Å². The van der Waals surface area contributed by atoms with Crippen LogP contribution in [0.2, 0.25) is 5.02 Å². The van der Waals surface area contributed by atoms with Gasteiger partial charge in [-0.25, -0.2) is 0 Å². The third-order valence-corrected chi connectivity index (χ3v) is 3.42. The number of nitrogens with one attached hydrogen (secondary N) is 2. The number of aromatic nitrogens is 1. The van der Waals surface area contributed by atoms with Crippen molar-refractivity contribution in [2.45, 2.75) is 25.0 Å². The van der Waals surface area contributed by atoms with Crippen molar-refractivity contribution in [2.75, 3.05) is 20.6 Å². The SMILES string of the molecule is CN(C)C(=O)[C@@H]1CC[C@H](CNC(=O)c2cc(Cl)c[nH]2)O1. The molecule has 0 radical (unpaired) electrons. The van der Waals surface area contributed by atoms with Gasteiger partial charge in [0.05, 0.1) is 11.1 Å². The van der Waals surface area contributed by atoms with Crippen LogP contribution >= 0.6 is 11.6 Å². The summed E-state index contributed by atoms with van der Waals surface area (Å²) in [7, 11) is 3.41. The van der Waals surface area contributed by atoms with Gasteiger partial charge in [-0.1, -0.05) is 11.6 Å². The van der Waals surface area contributed by atoms with Crippen molar-refractivity contribution in [1.29, 1.82) is 0 Å². The second-order valence-corrected chi connectivity index (χ2v) is 5.43. The van der Waals surface area contributed by atoms with Gasteiger partial charge in [-0.15, -0.1) is 0 Å². The molecule has 2 rings (SSSR count). The molecule has 0 aromatic carbocycles. The fourth-order valence-electron chi connectivity index (χ4n) is 2.13. The van der Waals surface area contributed by atoms with E-state index in [0.29, 0.717) is 23.7 Å². The number of halogens is 1. The van der Waals surface area contributed by atoms with Crippen molar-refractivity contribution in [3.05, 3.63) is 23.0 Å². The highest BCUT2D eigenvalue weighted by molar-refractivity contribution is 6.30. The Kier molecular flexibility index (Phi) is 4.67. The van der Waals surface area contributed by atoms with Crippen LogP contribution in [0.3, 0.4) is 0 Å². The van der Waals surface area contributed by atoms with E-state index in [0.717, 1.165) is 6.42 Å². The van der Waals surface area contributed by atoms with Crippen molar-refractivity contribution in [3.8, 4) is 0 Å². The minimum absolute atomic E-state index is 0.0324. The van der Waals surface area contributed by atoms with Gasteiger partial charge in [-0.3, -0.25) is 9.59 Å². The molecule has 2 atom stereocenters. The first-order valence-electron chi connectivity index (χ1n) is 6.46. The summed E-state index contributed by atoms with van der Waals surface area (Å²) >= 11 is 5.74. The number of carbonyl (C=O) groups is 2. The van der Waals surface area contributed by atoms with E-state index in [2.05, 4.69) is 10.3 Å². The van der Waals surface area contributed by atoms with Gasteiger partial charge in [0, 0.05) is 26.8 Å². The Balaban J connectivity index is 1.78. The van der Waals surface area contributed by atoms with Gasteiger partial charge >= 0.3 is 0 Å². The molecule has 2 amide bonds. The molecule has 0 saturated carbocycles. The van der Waals surface area contributed by atoms with Crippen molar-refractivity contribution in [1.82, 2.24) is 15.2 Å². The van der Waals surface area contributed by atoms with E-state index in [-0.39, 0.29) is 17.9 Å². The zero-order chi connectivity index (χ0) is 14.7. The molecule has 0 aliphatic carbocycles. The molecule has 1 saturated heterocycles. The molecule has 6 nitrogen and oxygen atoms in total. The monoisotopic (exact) mass is 299 g/mol. The number of ether oxygens (including phenoxy) is 1. The molecule has 110 valence electrons. The number of carbonyl (C=O) groups excluding carboxylic acids is 2. The number of likely N-dealkylation sites (N-methyl/N-ethyl adjacent to an activating group) is 1. The summed E-state index contributed by atoms with van der Waals surface area (Å²) in [5.41, 5.74) is 0.411. The molecule has 0 spiro atoms. The maximum Gasteiger partial charge on any atom is 0.267 e. The van der Waals surface area contributed by atoms with Crippen LogP contribution in [0, 0.1) is 0 Å². The van der Waals surface area contributed by atoms with Crippen molar-refractivity contribution in [3.63, 3.8) is 0 Å². The van der Waals surface area contributed by atoms with Gasteiger partial charge in [0.25, 0.3) is 11.8 Å². The maximum absolute atomic E-state index is 11.8. The molecule has 0 bridgehead atoms. The Hall–Kier alpha value is -1.53. The van der Waals surface area contributed by atoms with E-state index in [1.54, 1.807) is 26.4 Å². The highest BCUT2D eigenvalue weighted by Gasteiger charge is 2.31. The third kappa shape index (κ3) is 3.52. The number of hydrogen-bond donors (Lipinski definition) is 2. The lowest BCUT2D eigenvalue weighted by atomic mass is 10.2. The molecule has 20 heavy (non-hydrogen) atoms. The molecule has 1 aliphatic rings. The number of aromatic amines is 1. The highest BCUT2D eigenvalue weighted by Crippen LogP contribution is 2.20. The minimum Gasteiger partial charge on any atom is -0.363 e. The summed E-state index contributed by atoms with van der Waals surface area (Å²) in [6.07, 6.45) is 2.47. The van der Waals surface area contributed by atoms with E-state index >= 15 is 0 Å². The lowest BCUT2D eigenvalue weighted by Gasteiger charge is -2.17. The Morgan fingerprint density at radius 3 is 2.85 bits per heavy atom. The standard InChI is InChI=1S/C13H18ClN3O3/c1-17(2)13(19)11-4-3-9(20-11)7-16-12(18)10-5-8(14)6-15-10/h5-6,9,11,15H,3-4,7H2,1-2H3,(H,16,18)/t9-,11+/m1/s1. The number of rotatable bonds is 4. The molecular weight excluding hydrogens is 282 g/mol. The molecule has 2 heterocycles. The summed E-state index contributed by atoms with van der Waals surface area (Å²) in [6, 6.07) is 1.56. The van der Waals surface area contributed by atoms with Crippen LogP contribution in [0.4, 0.5) is 0 Å². The zero-order valence-electron chi connectivity index (χ0n) is 11.5. The van der Waals surface area contributed by atoms with Crippen LogP contribution in [-0.2, 0) is 9.53 Å². The topological polar surface area (TPSA) is 74.4 Å². The second kappa shape index (κ2) is 6.28. The van der Waals surface area contributed by atoms with E-state index < -0.39 is 6.10 Å². The summed E-state index contributed by atoms with van der Waals surface area (Å²) in [6.45, 7) is 0.382. The smallest absolute Gasteiger partial charge is 0.267 e. The van der Waals surface area contributed by atoms with Gasteiger partial charge in [-0.2, -0.15) is 0 Å². The van der Waals surface area contributed by atoms with Crippen LogP contribution in [0.15, 0.2) is 12.3 Å². The largest absolute Gasteiger partial charge is 0.363 e. The van der Waals surface area contributed by atoms with Crippen molar-refractivity contribution >= 4 is 23.4 Å². The molecular formula is C13H18ClN3O3. The number of nitrogens with zero attached hydrogens (tertiary/aromatic N) is 1. The first kappa shape index (κ1) is 14.9. The molecule has 7 heteroatoms. The van der Waals surface area contributed by atoms with Gasteiger partial charge in [0.2, 0.25) is 0 Å². The summed E-state index contributed by atoms with van der Waals surface area (Å²) in [5.74, 6) is -0.266. The summed E-state index contributed by atoms with van der Waals surface area (Å²) in [4.78, 5) is 27.9. The Morgan fingerprint density at radius 1 is 1.50 bits per heavy atom. The quantitative estimate of drug-likeness (QED) is 0.872. The maximum atomic E-state index is 11.8. The zero-order valence-corrected chi connectivity index (χ0v) is 12.2. The van der Waals surface area contributed by atoms with E-state index in [9.17, 15) is 9.59 Å². The minimum atomic E-state index is -0.396.